The van der Waals surface area contributed by atoms with Crippen LogP contribution in [-0.2, 0) is 16.1 Å². The maximum atomic E-state index is 11.9. The summed E-state index contributed by atoms with van der Waals surface area (Å²) in [5, 5.41) is 5.15. The Hall–Kier alpha value is -2.34. The van der Waals surface area contributed by atoms with Gasteiger partial charge in [-0.25, -0.2) is 0 Å². The zero-order chi connectivity index (χ0) is 17.5. The molecule has 0 saturated heterocycles. The molecule has 0 aliphatic rings. The lowest BCUT2D eigenvalue weighted by Gasteiger charge is -2.11. The minimum Gasteiger partial charge on any atom is -0.491 e. The van der Waals surface area contributed by atoms with Crippen LogP contribution in [0.15, 0.2) is 53.0 Å². The molecule has 0 bridgehead atoms. The summed E-state index contributed by atoms with van der Waals surface area (Å²) in [6.07, 6.45) is 0.108. The Balaban J connectivity index is 1.86. The first-order valence-corrected chi connectivity index (χ1v) is 8.34. The van der Waals surface area contributed by atoms with Gasteiger partial charge >= 0.3 is 11.8 Å². The number of carbonyl (C=O) groups is 2. The van der Waals surface area contributed by atoms with Gasteiger partial charge in [0.05, 0.1) is 11.8 Å². The minimum atomic E-state index is -0.707. The topological polar surface area (TPSA) is 67.4 Å². The highest BCUT2D eigenvalue weighted by atomic mass is 79.9. The van der Waals surface area contributed by atoms with Crippen LogP contribution >= 0.6 is 15.9 Å². The third-order valence-corrected chi connectivity index (χ3v) is 3.77. The quantitative estimate of drug-likeness (QED) is 0.767. The number of benzene rings is 2. The van der Waals surface area contributed by atoms with Gasteiger partial charge in [-0.2, -0.15) is 0 Å². The van der Waals surface area contributed by atoms with Gasteiger partial charge in [-0.05, 0) is 59.6 Å². The van der Waals surface area contributed by atoms with Gasteiger partial charge in [-0.3, -0.25) is 9.59 Å². The van der Waals surface area contributed by atoms with Gasteiger partial charge in [0.25, 0.3) is 0 Å². The Bertz CT molecular complexity index is 714. The highest BCUT2D eigenvalue weighted by molar-refractivity contribution is 9.10. The van der Waals surface area contributed by atoms with Gasteiger partial charge in [0.15, 0.2) is 0 Å². The Kier molecular flexibility index (Phi) is 6.37. The van der Waals surface area contributed by atoms with Crippen LogP contribution in [-0.4, -0.2) is 17.9 Å². The lowest BCUT2D eigenvalue weighted by Crippen LogP contribution is -2.35. The van der Waals surface area contributed by atoms with Crippen LogP contribution in [0.5, 0.6) is 5.75 Å². The fraction of sp³-hybridized carbons (Fsp3) is 0.222. The van der Waals surface area contributed by atoms with Gasteiger partial charge in [0.1, 0.15) is 5.75 Å². The molecule has 0 atom stereocenters. The summed E-state index contributed by atoms with van der Waals surface area (Å²) < 4.78 is 6.27. The number of anilines is 1. The second kappa shape index (κ2) is 8.49. The van der Waals surface area contributed by atoms with E-state index in [1.807, 2.05) is 44.2 Å². The van der Waals surface area contributed by atoms with Crippen LogP contribution in [0.3, 0.4) is 0 Å². The van der Waals surface area contributed by atoms with Gasteiger partial charge in [-0.1, -0.05) is 24.3 Å². The monoisotopic (exact) mass is 390 g/mol. The number of hydrogen-bond donors (Lipinski definition) is 2. The number of amides is 2. The summed E-state index contributed by atoms with van der Waals surface area (Å²) in [6.45, 7) is 4.18. The molecule has 126 valence electrons. The molecule has 0 aliphatic heterocycles. The van der Waals surface area contributed by atoms with Crippen molar-refractivity contribution in [1.29, 1.82) is 0 Å². The van der Waals surface area contributed by atoms with E-state index >= 15 is 0 Å². The third kappa shape index (κ3) is 5.38. The van der Waals surface area contributed by atoms with Crippen molar-refractivity contribution in [2.24, 2.45) is 0 Å². The van der Waals surface area contributed by atoms with E-state index in [1.165, 1.54) is 0 Å². The first-order valence-electron chi connectivity index (χ1n) is 7.55. The van der Waals surface area contributed by atoms with E-state index in [9.17, 15) is 9.59 Å². The molecule has 0 radical (unpaired) electrons. The second-order valence-electron chi connectivity index (χ2n) is 5.43. The number of carbonyl (C=O) groups excluding carboxylic acids is 2. The molecular weight excluding hydrogens is 372 g/mol. The van der Waals surface area contributed by atoms with Crippen molar-refractivity contribution >= 4 is 33.4 Å². The second-order valence-corrected chi connectivity index (χ2v) is 6.28. The predicted molar refractivity (Wildman–Crippen MR) is 96.8 cm³/mol. The van der Waals surface area contributed by atoms with Gasteiger partial charge < -0.3 is 15.4 Å². The molecule has 2 rings (SSSR count). The lowest BCUT2D eigenvalue weighted by molar-refractivity contribution is -0.136. The molecule has 5 nitrogen and oxygen atoms in total. The summed E-state index contributed by atoms with van der Waals surface area (Å²) in [4.78, 5) is 23.8. The minimum absolute atomic E-state index is 0.108. The van der Waals surface area contributed by atoms with Crippen LogP contribution < -0.4 is 15.4 Å². The van der Waals surface area contributed by atoms with E-state index in [0.717, 1.165) is 11.3 Å². The van der Waals surface area contributed by atoms with Crippen molar-refractivity contribution in [3.8, 4) is 5.75 Å². The molecule has 0 unspecified atom stereocenters. The van der Waals surface area contributed by atoms with Crippen LogP contribution in [0.25, 0.3) is 0 Å². The number of hydrogen-bond acceptors (Lipinski definition) is 3. The Morgan fingerprint density at radius 1 is 1.04 bits per heavy atom. The molecule has 0 heterocycles. The summed E-state index contributed by atoms with van der Waals surface area (Å²) in [7, 11) is 0. The lowest BCUT2D eigenvalue weighted by atomic mass is 10.2. The van der Waals surface area contributed by atoms with Gasteiger partial charge in [0, 0.05) is 11.0 Å². The molecule has 0 spiro atoms. The van der Waals surface area contributed by atoms with E-state index in [2.05, 4.69) is 26.6 Å². The number of rotatable bonds is 5. The normalized spacial score (nSPS) is 10.3. The third-order valence-electron chi connectivity index (χ3n) is 3.08. The Labute approximate surface area is 149 Å². The van der Waals surface area contributed by atoms with Crippen molar-refractivity contribution in [2.75, 3.05) is 5.32 Å². The largest absolute Gasteiger partial charge is 0.491 e. The Morgan fingerprint density at radius 2 is 1.71 bits per heavy atom. The van der Waals surface area contributed by atoms with Gasteiger partial charge in [0.2, 0.25) is 0 Å². The zero-order valence-corrected chi connectivity index (χ0v) is 15.1. The van der Waals surface area contributed by atoms with E-state index in [1.54, 1.807) is 18.2 Å². The average molecular weight is 391 g/mol. The summed E-state index contributed by atoms with van der Waals surface area (Å²) in [5.41, 5.74) is 1.43. The molecule has 2 amide bonds. The van der Waals surface area contributed by atoms with Crippen LogP contribution in [0.2, 0.25) is 0 Å². The van der Waals surface area contributed by atoms with Crippen molar-refractivity contribution in [3.63, 3.8) is 0 Å². The van der Waals surface area contributed by atoms with Crippen LogP contribution in [0.4, 0.5) is 5.69 Å². The van der Waals surface area contributed by atoms with E-state index < -0.39 is 11.8 Å². The average Bonchev–Trinajstić information content (AvgIpc) is 2.55. The summed E-state index contributed by atoms with van der Waals surface area (Å²) in [5.74, 6) is -0.623. The molecular formula is C18H19BrN2O3. The maximum absolute atomic E-state index is 11.9. The van der Waals surface area contributed by atoms with Crippen molar-refractivity contribution in [2.45, 2.75) is 26.5 Å². The zero-order valence-electron chi connectivity index (χ0n) is 13.5. The van der Waals surface area contributed by atoms with Crippen molar-refractivity contribution in [3.05, 3.63) is 58.6 Å². The number of para-hydroxylation sites is 1. The molecule has 2 N–H and O–H groups in total. The van der Waals surface area contributed by atoms with Crippen molar-refractivity contribution < 1.29 is 14.3 Å². The number of halogens is 1. The summed E-state index contributed by atoms with van der Waals surface area (Å²) in [6, 6.07) is 14.5. The first-order chi connectivity index (χ1) is 11.5. The van der Waals surface area contributed by atoms with Crippen LogP contribution in [0, 0.1) is 0 Å². The Morgan fingerprint density at radius 3 is 2.33 bits per heavy atom. The van der Waals surface area contributed by atoms with E-state index in [-0.39, 0.29) is 12.6 Å². The SMILES string of the molecule is CC(C)Oc1ccc(CNC(=O)C(=O)Nc2ccccc2Br)cc1. The standard InChI is InChI=1S/C18H19BrN2O3/c1-12(2)24-14-9-7-13(8-10-14)11-20-17(22)18(23)21-16-6-4-3-5-15(16)19/h3-10,12H,11H2,1-2H3,(H,20,22)(H,21,23). The highest BCUT2D eigenvalue weighted by Crippen LogP contribution is 2.21. The first kappa shape index (κ1) is 18.0. The fourth-order valence-corrected chi connectivity index (χ4v) is 2.35. The smallest absolute Gasteiger partial charge is 0.313 e. The molecule has 0 aromatic heterocycles. The molecule has 0 saturated carbocycles. The van der Waals surface area contributed by atoms with Crippen LogP contribution in [0.1, 0.15) is 19.4 Å². The van der Waals surface area contributed by atoms with Gasteiger partial charge in [-0.15, -0.1) is 0 Å². The fourth-order valence-electron chi connectivity index (χ4n) is 1.96. The molecule has 6 heteroatoms. The summed E-state index contributed by atoms with van der Waals surface area (Å²) >= 11 is 3.31. The van der Waals surface area contributed by atoms with E-state index in [4.69, 9.17) is 4.74 Å². The molecule has 2 aromatic rings. The van der Waals surface area contributed by atoms with Crippen molar-refractivity contribution in [1.82, 2.24) is 5.32 Å². The predicted octanol–water partition coefficient (Wildman–Crippen LogP) is 3.49. The molecule has 24 heavy (non-hydrogen) atoms. The number of nitrogens with one attached hydrogen (secondary N) is 2. The number of ether oxygens (including phenoxy) is 1. The molecule has 2 aromatic carbocycles. The van der Waals surface area contributed by atoms with E-state index in [0.29, 0.717) is 10.2 Å². The maximum Gasteiger partial charge on any atom is 0.313 e. The highest BCUT2D eigenvalue weighted by Gasteiger charge is 2.14. The molecule has 0 fully saturated rings. The molecule has 0 aliphatic carbocycles.